The Balaban J connectivity index is 1.99. The molecule has 0 radical (unpaired) electrons. The summed E-state index contributed by atoms with van der Waals surface area (Å²) in [7, 11) is 0. The number of thiophene rings is 1. The topological polar surface area (TPSA) is 55.1 Å². The summed E-state index contributed by atoms with van der Waals surface area (Å²) in [6.45, 7) is 3.09. The van der Waals surface area contributed by atoms with Crippen LogP contribution in [0.1, 0.15) is 25.7 Å². The molecule has 1 aromatic carbocycles. The molecule has 0 aliphatic carbocycles. The Labute approximate surface area is 115 Å². The second kappa shape index (κ2) is 5.95. The SMILES string of the molecule is Cc1ccc(CNCc2cc(C(N)=O)ccc2F)s1. The normalized spacial score (nSPS) is 10.6. The molecule has 0 atom stereocenters. The van der Waals surface area contributed by atoms with Gasteiger partial charge in [-0.15, -0.1) is 11.3 Å². The summed E-state index contributed by atoms with van der Waals surface area (Å²) in [6, 6.07) is 8.25. The molecular weight excluding hydrogens is 263 g/mol. The Morgan fingerprint density at radius 1 is 1.32 bits per heavy atom. The highest BCUT2D eigenvalue weighted by Gasteiger charge is 2.07. The van der Waals surface area contributed by atoms with E-state index in [4.69, 9.17) is 5.73 Å². The second-order valence-corrected chi connectivity index (χ2v) is 5.66. The van der Waals surface area contributed by atoms with Crippen LogP contribution >= 0.6 is 11.3 Å². The number of primary amides is 1. The molecule has 0 bridgehead atoms. The van der Waals surface area contributed by atoms with Gasteiger partial charge in [-0.2, -0.15) is 0 Å². The number of carbonyl (C=O) groups excluding carboxylic acids is 1. The van der Waals surface area contributed by atoms with Gasteiger partial charge in [-0.1, -0.05) is 0 Å². The molecule has 19 heavy (non-hydrogen) atoms. The third-order valence-electron chi connectivity index (χ3n) is 2.74. The minimum atomic E-state index is -0.546. The molecule has 0 aliphatic rings. The van der Waals surface area contributed by atoms with Gasteiger partial charge in [0.05, 0.1) is 0 Å². The van der Waals surface area contributed by atoms with E-state index in [1.54, 1.807) is 11.3 Å². The number of benzene rings is 1. The van der Waals surface area contributed by atoms with Crippen molar-refractivity contribution in [3.8, 4) is 0 Å². The molecule has 5 heteroatoms. The number of nitrogens with two attached hydrogens (primary N) is 1. The molecule has 1 heterocycles. The molecule has 1 aromatic heterocycles. The average molecular weight is 278 g/mol. The fraction of sp³-hybridized carbons (Fsp3) is 0.214. The van der Waals surface area contributed by atoms with Crippen LogP contribution in [0.25, 0.3) is 0 Å². The van der Waals surface area contributed by atoms with E-state index in [1.807, 2.05) is 13.0 Å². The predicted molar refractivity (Wildman–Crippen MR) is 74.5 cm³/mol. The lowest BCUT2D eigenvalue weighted by atomic mass is 10.1. The predicted octanol–water partition coefficient (Wildman–Crippen LogP) is 2.58. The summed E-state index contributed by atoms with van der Waals surface area (Å²) < 4.78 is 13.6. The summed E-state index contributed by atoms with van der Waals surface area (Å²) in [6.07, 6.45) is 0. The van der Waals surface area contributed by atoms with Crippen molar-refractivity contribution in [1.82, 2.24) is 5.32 Å². The minimum Gasteiger partial charge on any atom is -0.366 e. The molecule has 2 aromatic rings. The van der Waals surface area contributed by atoms with E-state index in [9.17, 15) is 9.18 Å². The molecule has 0 saturated carbocycles. The van der Waals surface area contributed by atoms with Gasteiger partial charge in [-0.3, -0.25) is 4.79 Å². The minimum absolute atomic E-state index is 0.324. The van der Waals surface area contributed by atoms with Gasteiger partial charge in [0, 0.05) is 34.0 Å². The third kappa shape index (κ3) is 3.62. The molecule has 3 N–H and O–H groups in total. The number of amides is 1. The van der Waals surface area contributed by atoms with Gasteiger partial charge >= 0.3 is 0 Å². The van der Waals surface area contributed by atoms with Crippen molar-refractivity contribution in [1.29, 1.82) is 0 Å². The Kier molecular flexibility index (Phi) is 4.29. The highest BCUT2D eigenvalue weighted by atomic mass is 32.1. The molecule has 0 unspecified atom stereocenters. The van der Waals surface area contributed by atoms with Gasteiger partial charge in [-0.25, -0.2) is 4.39 Å². The van der Waals surface area contributed by atoms with Crippen LogP contribution in [0, 0.1) is 12.7 Å². The Morgan fingerprint density at radius 3 is 2.74 bits per heavy atom. The van der Waals surface area contributed by atoms with Crippen LogP contribution in [0.15, 0.2) is 30.3 Å². The molecule has 0 spiro atoms. The lowest BCUT2D eigenvalue weighted by Gasteiger charge is -2.06. The van der Waals surface area contributed by atoms with Crippen molar-refractivity contribution < 1.29 is 9.18 Å². The van der Waals surface area contributed by atoms with Gasteiger partial charge in [0.1, 0.15) is 5.82 Å². The Hall–Kier alpha value is -1.72. The largest absolute Gasteiger partial charge is 0.366 e. The van der Waals surface area contributed by atoms with Crippen LogP contribution in [0.3, 0.4) is 0 Å². The van der Waals surface area contributed by atoms with Crippen LogP contribution in [0.4, 0.5) is 4.39 Å². The summed E-state index contributed by atoms with van der Waals surface area (Å²) in [5, 5.41) is 3.16. The maximum absolute atomic E-state index is 13.6. The van der Waals surface area contributed by atoms with Crippen molar-refractivity contribution in [2.24, 2.45) is 5.73 Å². The van der Waals surface area contributed by atoms with Gasteiger partial charge in [0.15, 0.2) is 0 Å². The maximum atomic E-state index is 13.6. The van der Waals surface area contributed by atoms with E-state index < -0.39 is 5.91 Å². The Bertz CT molecular complexity index is 595. The molecule has 0 fully saturated rings. The van der Waals surface area contributed by atoms with Crippen LogP contribution in [0.5, 0.6) is 0 Å². The van der Waals surface area contributed by atoms with Crippen LogP contribution in [-0.2, 0) is 13.1 Å². The van der Waals surface area contributed by atoms with Crippen molar-refractivity contribution in [3.63, 3.8) is 0 Å². The van der Waals surface area contributed by atoms with Gasteiger partial charge in [0.2, 0.25) is 5.91 Å². The van der Waals surface area contributed by atoms with Crippen LogP contribution in [-0.4, -0.2) is 5.91 Å². The number of nitrogens with one attached hydrogen (secondary N) is 1. The second-order valence-electron chi connectivity index (χ2n) is 4.29. The van der Waals surface area contributed by atoms with Crippen LogP contribution in [0.2, 0.25) is 0 Å². The smallest absolute Gasteiger partial charge is 0.248 e. The average Bonchev–Trinajstić information content (AvgIpc) is 2.77. The molecular formula is C14H15FN2OS. The number of aryl methyl sites for hydroxylation is 1. The number of halogens is 1. The monoisotopic (exact) mass is 278 g/mol. The van der Waals surface area contributed by atoms with E-state index in [1.165, 1.54) is 28.0 Å². The summed E-state index contributed by atoms with van der Waals surface area (Å²) in [4.78, 5) is 13.5. The molecule has 2 rings (SSSR count). The molecule has 3 nitrogen and oxygen atoms in total. The number of hydrogen-bond acceptors (Lipinski definition) is 3. The molecule has 1 amide bonds. The standard InChI is InChI=1S/C14H15FN2OS/c1-9-2-4-12(19-9)8-17-7-11-6-10(14(16)18)3-5-13(11)15/h2-6,17H,7-8H2,1H3,(H2,16,18). The van der Waals surface area contributed by atoms with Crippen molar-refractivity contribution >= 4 is 17.2 Å². The zero-order chi connectivity index (χ0) is 13.8. The lowest BCUT2D eigenvalue weighted by Crippen LogP contribution is -2.15. The highest BCUT2D eigenvalue weighted by molar-refractivity contribution is 7.11. The first kappa shape index (κ1) is 13.7. The van der Waals surface area contributed by atoms with Crippen molar-refractivity contribution in [2.75, 3.05) is 0 Å². The summed E-state index contributed by atoms with van der Waals surface area (Å²) >= 11 is 1.70. The zero-order valence-electron chi connectivity index (χ0n) is 10.6. The lowest BCUT2D eigenvalue weighted by molar-refractivity contribution is 0.1000. The quantitative estimate of drug-likeness (QED) is 0.883. The van der Waals surface area contributed by atoms with E-state index >= 15 is 0 Å². The van der Waals surface area contributed by atoms with E-state index in [0.717, 1.165) is 0 Å². The first-order valence-electron chi connectivity index (χ1n) is 5.90. The number of hydrogen-bond donors (Lipinski definition) is 2. The van der Waals surface area contributed by atoms with Crippen molar-refractivity contribution in [2.45, 2.75) is 20.0 Å². The molecule has 100 valence electrons. The summed E-state index contributed by atoms with van der Waals surface area (Å²) in [5.41, 5.74) is 5.95. The number of rotatable bonds is 5. The molecule has 0 aliphatic heterocycles. The first-order valence-corrected chi connectivity index (χ1v) is 6.72. The molecule has 0 saturated heterocycles. The maximum Gasteiger partial charge on any atom is 0.248 e. The van der Waals surface area contributed by atoms with Gasteiger partial charge in [0.25, 0.3) is 0 Å². The fourth-order valence-electron chi connectivity index (χ4n) is 1.76. The van der Waals surface area contributed by atoms with E-state index in [2.05, 4.69) is 11.4 Å². The van der Waals surface area contributed by atoms with Gasteiger partial charge in [-0.05, 0) is 37.3 Å². The zero-order valence-corrected chi connectivity index (χ0v) is 11.4. The highest BCUT2D eigenvalue weighted by Crippen LogP contribution is 2.15. The van der Waals surface area contributed by atoms with E-state index in [-0.39, 0.29) is 5.82 Å². The van der Waals surface area contributed by atoms with Crippen LogP contribution < -0.4 is 11.1 Å². The van der Waals surface area contributed by atoms with Gasteiger partial charge < -0.3 is 11.1 Å². The Morgan fingerprint density at radius 2 is 2.11 bits per heavy atom. The summed E-state index contributed by atoms with van der Waals surface area (Å²) in [5.74, 6) is -0.880. The fourth-order valence-corrected chi connectivity index (χ4v) is 2.62. The van der Waals surface area contributed by atoms with E-state index in [0.29, 0.717) is 24.2 Å². The first-order chi connectivity index (χ1) is 9.06. The number of carbonyl (C=O) groups is 1. The van der Waals surface area contributed by atoms with Crippen molar-refractivity contribution in [3.05, 3.63) is 57.0 Å². The third-order valence-corrected chi connectivity index (χ3v) is 3.74.